The van der Waals surface area contributed by atoms with Crippen molar-refractivity contribution in [3.8, 4) is 0 Å². The molecule has 30 heavy (non-hydrogen) atoms. The number of hydrogen-bond acceptors (Lipinski definition) is 9. The average molecular weight is 434 g/mol. The Kier molecular flexibility index (Phi) is 10.5. The van der Waals surface area contributed by atoms with Crippen LogP contribution in [0.4, 0.5) is 4.79 Å². The van der Waals surface area contributed by atoms with E-state index in [0.717, 1.165) is 0 Å². The maximum Gasteiger partial charge on any atom is 0.407 e. The van der Waals surface area contributed by atoms with Crippen LogP contribution < -0.4 is 10.6 Å². The Morgan fingerprint density at radius 3 is 2.33 bits per heavy atom. The molecule has 1 heterocycles. The van der Waals surface area contributed by atoms with Crippen LogP contribution in [0.2, 0.25) is 0 Å². The van der Waals surface area contributed by atoms with E-state index in [1.54, 1.807) is 27.7 Å². The second-order valence-electron chi connectivity index (χ2n) is 8.10. The SMILES string of the molecule is CCCC(=O)N[C@H]1C(O)O[C@H](COC(=O)CCCNC(=O)OC(C)(C)C)[C@@H](O)C1O. The van der Waals surface area contributed by atoms with Crippen molar-refractivity contribution in [3.05, 3.63) is 0 Å². The van der Waals surface area contributed by atoms with Gasteiger partial charge in [-0.25, -0.2) is 4.79 Å². The first-order valence-corrected chi connectivity index (χ1v) is 10.1. The predicted octanol–water partition coefficient (Wildman–Crippen LogP) is -0.442. The third-order valence-corrected chi connectivity index (χ3v) is 4.16. The van der Waals surface area contributed by atoms with Crippen molar-refractivity contribution < 1.29 is 43.9 Å². The molecule has 1 aliphatic heterocycles. The van der Waals surface area contributed by atoms with E-state index < -0.39 is 48.3 Å². The fraction of sp³-hybridized carbons (Fsp3) is 0.842. The van der Waals surface area contributed by atoms with E-state index in [2.05, 4.69) is 10.6 Å². The van der Waals surface area contributed by atoms with E-state index in [1.165, 1.54) is 0 Å². The van der Waals surface area contributed by atoms with Crippen LogP contribution in [0.5, 0.6) is 0 Å². The fourth-order valence-corrected chi connectivity index (χ4v) is 2.71. The monoisotopic (exact) mass is 434 g/mol. The van der Waals surface area contributed by atoms with Gasteiger partial charge in [-0.15, -0.1) is 0 Å². The van der Waals surface area contributed by atoms with Crippen molar-refractivity contribution in [2.75, 3.05) is 13.2 Å². The number of alkyl carbamates (subject to hydrolysis) is 1. The van der Waals surface area contributed by atoms with Gasteiger partial charge in [0.15, 0.2) is 6.29 Å². The molecule has 0 radical (unpaired) electrons. The third kappa shape index (κ3) is 9.24. The number of amides is 2. The highest BCUT2D eigenvalue weighted by atomic mass is 16.6. The Labute approximate surface area is 176 Å². The molecule has 5 N–H and O–H groups in total. The van der Waals surface area contributed by atoms with E-state index in [1.807, 2.05) is 0 Å². The zero-order valence-corrected chi connectivity index (χ0v) is 17.9. The Hall–Kier alpha value is -1.95. The van der Waals surface area contributed by atoms with Gasteiger partial charge in [-0.2, -0.15) is 0 Å². The Morgan fingerprint density at radius 1 is 1.07 bits per heavy atom. The van der Waals surface area contributed by atoms with Gasteiger partial charge < -0.3 is 40.2 Å². The van der Waals surface area contributed by atoms with E-state index in [0.29, 0.717) is 12.8 Å². The highest BCUT2D eigenvalue weighted by Crippen LogP contribution is 2.20. The number of carbonyl (C=O) groups is 3. The summed E-state index contributed by atoms with van der Waals surface area (Å²) < 4.78 is 15.3. The van der Waals surface area contributed by atoms with Crippen LogP contribution in [-0.4, -0.2) is 82.7 Å². The molecule has 2 amide bonds. The number of esters is 1. The molecule has 0 aliphatic carbocycles. The molecule has 0 aromatic carbocycles. The lowest BCUT2D eigenvalue weighted by Crippen LogP contribution is -2.64. The Bertz CT molecular complexity index is 579. The van der Waals surface area contributed by atoms with Crippen LogP contribution in [-0.2, 0) is 23.8 Å². The van der Waals surface area contributed by atoms with Gasteiger partial charge in [-0.3, -0.25) is 9.59 Å². The number of ether oxygens (including phenoxy) is 3. The van der Waals surface area contributed by atoms with Crippen molar-refractivity contribution in [2.45, 2.75) is 89.6 Å². The summed E-state index contributed by atoms with van der Waals surface area (Å²) in [7, 11) is 0. The molecule has 1 aliphatic rings. The quantitative estimate of drug-likeness (QED) is 0.239. The molecule has 0 spiro atoms. The van der Waals surface area contributed by atoms with Gasteiger partial charge in [0, 0.05) is 19.4 Å². The van der Waals surface area contributed by atoms with E-state index >= 15 is 0 Å². The minimum atomic E-state index is -1.56. The van der Waals surface area contributed by atoms with E-state index in [9.17, 15) is 29.7 Å². The molecule has 0 aromatic heterocycles. The molecular formula is C19H34N2O9. The molecule has 5 atom stereocenters. The first-order chi connectivity index (χ1) is 13.9. The van der Waals surface area contributed by atoms with Gasteiger partial charge in [-0.05, 0) is 33.6 Å². The molecule has 1 fully saturated rings. The second kappa shape index (κ2) is 12.0. The van der Waals surface area contributed by atoms with Gasteiger partial charge in [-0.1, -0.05) is 6.92 Å². The highest BCUT2D eigenvalue weighted by Gasteiger charge is 2.44. The highest BCUT2D eigenvalue weighted by molar-refractivity contribution is 5.76. The number of rotatable bonds is 9. The molecule has 11 nitrogen and oxygen atoms in total. The van der Waals surface area contributed by atoms with Crippen LogP contribution in [0.25, 0.3) is 0 Å². The van der Waals surface area contributed by atoms with Gasteiger partial charge in [0.25, 0.3) is 0 Å². The molecule has 11 heteroatoms. The zero-order valence-electron chi connectivity index (χ0n) is 17.9. The van der Waals surface area contributed by atoms with Gasteiger partial charge >= 0.3 is 12.1 Å². The lowest BCUT2D eigenvalue weighted by Gasteiger charge is -2.40. The maximum absolute atomic E-state index is 11.8. The number of aliphatic hydroxyl groups excluding tert-OH is 3. The lowest BCUT2D eigenvalue weighted by molar-refractivity contribution is -0.255. The van der Waals surface area contributed by atoms with Gasteiger partial charge in [0.2, 0.25) is 5.91 Å². The zero-order chi connectivity index (χ0) is 22.9. The first-order valence-electron chi connectivity index (χ1n) is 10.1. The summed E-state index contributed by atoms with van der Waals surface area (Å²) in [5, 5.41) is 35.3. The number of aliphatic hydroxyl groups is 3. The van der Waals surface area contributed by atoms with Crippen molar-refractivity contribution in [1.82, 2.24) is 10.6 Å². The number of carbonyl (C=O) groups excluding carboxylic acids is 3. The summed E-state index contributed by atoms with van der Waals surface area (Å²) in [5.41, 5.74) is -0.614. The predicted molar refractivity (Wildman–Crippen MR) is 104 cm³/mol. The van der Waals surface area contributed by atoms with Crippen LogP contribution in [0.1, 0.15) is 53.4 Å². The van der Waals surface area contributed by atoms with Crippen LogP contribution in [0.3, 0.4) is 0 Å². The summed E-state index contributed by atoms with van der Waals surface area (Å²) in [6, 6.07) is -1.19. The number of hydrogen-bond donors (Lipinski definition) is 5. The van der Waals surface area contributed by atoms with E-state index in [4.69, 9.17) is 14.2 Å². The Balaban J connectivity index is 2.34. The first kappa shape index (κ1) is 26.1. The normalized spacial score (nSPS) is 26.6. The minimum absolute atomic E-state index is 0.000575. The minimum Gasteiger partial charge on any atom is -0.463 e. The van der Waals surface area contributed by atoms with Crippen LogP contribution >= 0.6 is 0 Å². The van der Waals surface area contributed by atoms with Crippen molar-refractivity contribution >= 4 is 18.0 Å². The summed E-state index contributed by atoms with van der Waals surface area (Å²) in [6.07, 6.45) is -5.17. The molecule has 0 aromatic rings. The molecule has 0 bridgehead atoms. The van der Waals surface area contributed by atoms with E-state index in [-0.39, 0.29) is 31.9 Å². The van der Waals surface area contributed by atoms with Crippen molar-refractivity contribution in [1.29, 1.82) is 0 Å². The van der Waals surface area contributed by atoms with Crippen molar-refractivity contribution in [3.63, 3.8) is 0 Å². The summed E-state index contributed by atoms with van der Waals surface area (Å²) in [6.45, 7) is 6.84. The van der Waals surface area contributed by atoms with Crippen LogP contribution in [0.15, 0.2) is 0 Å². The van der Waals surface area contributed by atoms with Gasteiger partial charge in [0.1, 0.15) is 36.6 Å². The molecule has 0 saturated carbocycles. The average Bonchev–Trinajstić information content (AvgIpc) is 2.63. The van der Waals surface area contributed by atoms with Gasteiger partial charge in [0.05, 0.1) is 0 Å². The smallest absolute Gasteiger partial charge is 0.407 e. The lowest BCUT2D eigenvalue weighted by atomic mass is 9.97. The topological polar surface area (TPSA) is 164 Å². The molecular weight excluding hydrogens is 400 g/mol. The summed E-state index contributed by atoms with van der Waals surface area (Å²) >= 11 is 0. The fourth-order valence-electron chi connectivity index (χ4n) is 2.71. The summed E-state index contributed by atoms with van der Waals surface area (Å²) in [4.78, 5) is 35.0. The Morgan fingerprint density at radius 2 is 1.73 bits per heavy atom. The third-order valence-electron chi connectivity index (χ3n) is 4.16. The van der Waals surface area contributed by atoms with Crippen LogP contribution in [0, 0.1) is 0 Å². The molecule has 2 unspecified atom stereocenters. The molecule has 1 saturated heterocycles. The van der Waals surface area contributed by atoms with Crippen molar-refractivity contribution in [2.24, 2.45) is 0 Å². The second-order valence-corrected chi connectivity index (χ2v) is 8.10. The summed E-state index contributed by atoms with van der Waals surface area (Å²) in [5.74, 6) is -0.986. The molecule has 174 valence electrons. The number of nitrogens with one attached hydrogen (secondary N) is 2. The molecule has 1 rings (SSSR count). The largest absolute Gasteiger partial charge is 0.463 e. The maximum atomic E-state index is 11.8. The standard InChI is InChI=1S/C19H34N2O9/c1-5-7-12(22)21-14-16(25)15(24)11(29-17(14)26)10-28-13(23)8-6-9-20-18(27)30-19(2,3)4/h11,14-17,24-26H,5-10H2,1-4H3,(H,20,27)(H,21,22)/t11-,14-,15-,16?,17?/m1/s1.